The van der Waals surface area contributed by atoms with Gasteiger partial charge in [-0.25, -0.2) is 0 Å². The van der Waals surface area contributed by atoms with Crippen LogP contribution in [0.2, 0.25) is 0 Å². The number of aromatic nitrogens is 3. The summed E-state index contributed by atoms with van der Waals surface area (Å²) in [6.45, 7) is 2.20. The second-order valence-electron chi connectivity index (χ2n) is 7.11. The molecular formula is C21H17F3N4O2S. The number of hydrogen-bond acceptors (Lipinski definition) is 5. The van der Waals surface area contributed by atoms with Gasteiger partial charge >= 0.3 is 5.51 Å². The summed E-state index contributed by atoms with van der Waals surface area (Å²) in [6.07, 6.45) is 4.55. The van der Waals surface area contributed by atoms with Crippen molar-refractivity contribution in [1.82, 2.24) is 14.8 Å². The molecule has 4 rings (SSSR count). The van der Waals surface area contributed by atoms with E-state index < -0.39 is 5.51 Å². The zero-order valence-electron chi connectivity index (χ0n) is 16.3. The molecule has 0 fully saturated rings. The molecule has 0 radical (unpaired) electrons. The molecule has 0 bridgehead atoms. The number of amides is 1. The minimum Gasteiger partial charge on any atom is -0.305 e. The van der Waals surface area contributed by atoms with Gasteiger partial charge in [0.2, 0.25) is 0 Å². The van der Waals surface area contributed by atoms with Gasteiger partial charge in [0, 0.05) is 47.1 Å². The smallest absolute Gasteiger partial charge is 0.305 e. The number of anilines is 1. The van der Waals surface area contributed by atoms with Crippen LogP contribution in [0.15, 0.2) is 59.9 Å². The maximum absolute atomic E-state index is 13.2. The van der Waals surface area contributed by atoms with Crippen LogP contribution in [0, 0.1) is 0 Å². The molecule has 1 aliphatic rings. The third-order valence-corrected chi connectivity index (χ3v) is 5.64. The number of fused-ring (bicyclic) bond motifs is 1. The minimum absolute atomic E-state index is 0.00547. The predicted octanol–water partition coefficient (Wildman–Crippen LogP) is 4.54. The van der Waals surface area contributed by atoms with E-state index in [0.29, 0.717) is 29.1 Å². The van der Waals surface area contributed by atoms with Crippen molar-refractivity contribution in [2.45, 2.75) is 29.8 Å². The van der Waals surface area contributed by atoms with Crippen molar-refractivity contribution >= 4 is 29.1 Å². The van der Waals surface area contributed by atoms with Crippen molar-refractivity contribution in [2.75, 3.05) is 11.4 Å². The van der Waals surface area contributed by atoms with Gasteiger partial charge in [0.25, 0.3) is 5.91 Å². The van der Waals surface area contributed by atoms with E-state index in [-0.39, 0.29) is 40.8 Å². The van der Waals surface area contributed by atoms with Gasteiger partial charge < -0.3 is 4.90 Å². The van der Waals surface area contributed by atoms with Crippen molar-refractivity contribution in [3.8, 4) is 0 Å². The molecule has 31 heavy (non-hydrogen) atoms. The number of pyridine rings is 1. The fourth-order valence-electron chi connectivity index (χ4n) is 3.50. The highest BCUT2D eigenvalue weighted by molar-refractivity contribution is 8.00. The van der Waals surface area contributed by atoms with Crippen molar-refractivity contribution in [3.63, 3.8) is 0 Å². The molecule has 1 aromatic carbocycles. The molecule has 10 heteroatoms. The van der Waals surface area contributed by atoms with Crippen LogP contribution < -0.4 is 4.90 Å². The minimum atomic E-state index is -4.38. The molecule has 0 aliphatic carbocycles. The van der Waals surface area contributed by atoms with Crippen LogP contribution in [0.1, 0.15) is 39.4 Å². The summed E-state index contributed by atoms with van der Waals surface area (Å²) in [5.74, 6) is -0.532. The van der Waals surface area contributed by atoms with E-state index in [1.165, 1.54) is 41.6 Å². The van der Waals surface area contributed by atoms with Gasteiger partial charge in [-0.3, -0.25) is 19.3 Å². The number of nitrogens with zero attached hydrogens (tertiary/aromatic N) is 4. The van der Waals surface area contributed by atoms with Gasteiger partial charge in [0.05, 0.1) is 12.2 Å². The third kappa shape index (κ3) is 4.48. The maximum atomic E-state index is 13.2. The number of ketones is 1. The maximum Gasteiger partial charge on any atom is 0.446 e. The largest absolute Gasteiger partial charge is 0.446 e. The number of rotatable bonds is 5. The third-order valence-electron chi connectivity index (χ3n) is 4.90. The molecule has 0 spiro atoms. The Balaban J connectivity index is 1.59. The molecule has 0 saturated heterocycles. The molecular weight excluding hydrogens is 429 g/mol. The molecule has 3 heterocycles. The summed E-state index contributed by atoms with van der Waals surface area (Å²) >= 11 is -0.206. The number of Topliss-reactive ketones (excluding diaryl/α,β-unsaturated/α-hetero) is 1. The highest BCUT2D eigenvalue weighted by Gasteiger charge is 2.34. The van der Waals surface area contributed by atoms with E-state index in [4.69, 9.17) is 0 Å². The van der Waals surface area contributed by atoms with E-state index in [0.717, 1.165) is 0 Å². The van der Waals surface area contributed by atoms with Crippen molar-refractivity contribution in [2.24, 2.45) is 0 Å². The molecule has 3 aromatic rings. The summed E-state index contributed by atoms with van der Waals surface area (Å²) < 4.78 is 39.3. The van der Waals surface area contributed by atoms with Gasteiger partial charge in [0.15, 0.2) is 5.78 Å². The SMILES string of the molecule is C[C@H]1CN(c2ccc(SC(F)(F)F)cc2)C(=O)c2c(CC(=O)c3cccnc3)cnn21. The lowest BCUT2D eigenvalue weighted by Gasteiger charge is -2.32. The molecule has 1 atom stereocenters. The van der Waals surface area contributed by atoms with Crippen LogP contribution in [0.25, 0.3) is 0 Å². The molecule has 1 aliphatic heterocycles. The first kappa shape index (κ1) is 21.1. The van der Waals surface area contributed by atoms with Crippen molar-refractivity contribution in [1.29, 1.82) is 0 Å². The van der Waals surface area contributed by atoms with Gasteiger partial charge in [-0.2, -0.15) is 18.3 Å². The van der Waals surface area contributed by atoms with Crippen LogP contribution in [0.4, 0.5) is 18.9 Å². The van der Waals surface area contributed by atoms with Gasteiger partial charge in [-0.1, -0.05) is 0 Å². The van der Waals surface area contributed by atoms with E-state index in [2.05, 4.69) is 10.1 Å². The van der Waals surface area contributed by atoms with Crippen LogP contribution in [0.3, 0.4) is 0 Å². The quantitative estimate of drug-likeness (QED) is 0.425. The fraction of sp³-hybridized carbons (Fsp3) is 0.238. The van der Waals surface area contributed by atoms with Crippen LogP contribution in [-0.4, -0.2) is 38.5 Å². The van der Waals surface area contributed by atoms with Gasteiger partial charge in [-0.15, -0.1) is 0 Å². The Kier molecular flexibility index (Phi) is 5.57. The lowest BCUT2D eigenvalue weighted by molar-refractivity contribution is -0.0328. The first-order valence-electron chi connectivity index (χ1n) is 9.40. The average Bonchev–Trinajstić information content (AvgIpc) is 3.15. The molecule has 6 nitrogen and oxygen atoms in total. The Hall–Kier alpha value is -3.14. The van der Waals surface area contributed by atoms with Gasteiger partial charge in [0.1, 0.15) is 5.69 Å². The number of thioether (sulfide) groups is 1. The average molecular weight is 446 g/mol. The lowest BCUT2D eigenvalue weighted by atomic mass is 10.0. The number of alkyl halides is 3. The summed E-state index contributed by atoms with van der Waals surface area (Å²) in [7, 11) is 0. The van der Waals surface area contributed by atoms with Crippen molar-refractivity contribution in [3.05, 3.63) is 71.8 Å². The molecule has 160 valence electrons. The van der Waals surface area contributed by atoms with Crippen molar-refractivity contribution < 1.29 is 22.8 Å². The van der Waals surface area contributed by atoms with Crippen LogP contribution in [-0.2, 0) is 6.42 Å². The zero-order valence-corrected chi connectivity index (χ0v) is 17.2. The van der Waals surface area contributed by atoms with E-state index >= 15 is 0 Å². The molecule has 0 unspecified atom stereocenters. The second kappa shape index (κ2) is 8.18. The summed E-state index contributed by atoms with van der Waals surface area (Å²) in [6, 6.07) is 8.81. The Morgan fingerprint density at radius 2 is 1.94 bits per heavy atom. The lowest BCUT2D eigenvalue weighted by Crippen LogP contribution is -2.43. The topological polar surface area (TPSA) is 68.1 Å². The molecule has 0 N–H and O–H groups in total. The Morgan fingerprint density at radius 3 is 2.58 bits per heavy atom. The number of carbonyl (C=O) groups excluding carboxylic acids is 2. The highest BCUT2D eigenvalue weighted by Crippen LogP contribution is 2.38. The standard InChI is InChI=1S/C21H17F3N4O2S/c1-13-12-27(16-4-6-17(7-5-16)31-21(22,23)24)20(30)19-15(11-26-28(13)19)9-18(29)14-3-2-8-25-10-14/h2-8,10-11,13H,9,12H2,1H3/t13-/m0/s1. The predicted molar refractivity (Wildman–Crippen MR) is 109 cm³/mol. The Morgan fingerprint density at radius 1 is 1.19 bits per heavy atom. The first-order valence-corrected chi connectivity index (χ1v) is 10.2. The number of carbonyl (C=O) groups is 2. The van der Waals surface area contributed by atoms with E-state index in [1.807, 2.05) is 6.92 Å². The van der Waals surface area contributed by atoms with Crippen LogP contribution in [0.5, 0.6) is 0 Å². The zero-order chi connectivity index (χ0) is 22.2. The van der Waals surface area contributed by atoms with Crippen LogP contribution >= 0.6 is 11.8 Å². The Bertz CT molecular complexity index is 1110. The Labute approximate surface area is 180 Å². The fourth-order valence-corrected chi connectivity index (χ4v) is 4.04. The highest BCUT2D eigenvalue weighted by atomic mass is 32.2. The normalized spacial score (nSPS) is 16.3. The van der Waals surface area contributed by atoms with E-state index in [9.17, 15) is 22.8 Å². The number of halogens is 3. The molecule has 1 amide bonds. The summed E-state index contributed by atoms with van der Waals surface area (Å²) in [5.41, 5.74) is -2.64. The van der Waals surface area contributed by atoms with E-state index in [1.54, 1.807) is 23.0 Å². The summed E-state index contributed by atoms with van der Waals surface area (Å²) in [5, 5.41) is 4.29. The second-order valence-corrected chi connectivity index (χ2v) is 8.25. The first-order chi connectivity index (χ1) is 14.7. The molecule has 2 aromatic heterocycles. The monoisotopic (exact) mass is 446 g/mol. The van der Waals surface area contributed by atoms with Gasteiger partial charge in [-0.05, 0) is 55.1 Å². The number of hydrogen-bond donors (Lipinski definition) is 0. The molecule has 0 saturated carbocycles. The number of benzene rings is 1. The summed E-state index contributed by atoms with van der Waals surface area (Å²) in [4.78, 5) is 31.3.